The molecule has 2 heteroatoms. The van der Waals surface area contributed by atoms with Gasteiger partial charge in [-0.1, -0.05) is 125 Å². The van der Waals surface area contributed by atoms with Crippen LogP contribution in [0.3, 0.4) is 0 Å². The molecule has 4 fully saturated rings. The van der Waals surface area contributed by atoms with Gasteiger partial charge < -0.3 is 9.64 Å². The van der Waals surface area contributed by atoms with Crippen molar-refractivity contribution >= 4 is 17.1 Å². The summed E-state index contributed by atoms with van der Waals surface area (Å²) in [6.45, 7) is 9.79. The van der Waals surface area contributed by atoms with Crippen LogP contribution in [-0.4, -0.2) is 0 Å². The molecule has 2 bridgehead atoms. The molecule has 2 spiro atoms. The van der Waals surface area contributed by atoms with Gasteiger partial charge in [-0.05, 0) is 149 Å². The smallest absolute Gasteiger partial charge is 0.131 e. The number of rotatable bonds is 5. The SMILES string of the molecule is CC1(C)CCC(C)(C)c2c(-c3ccccc3N(c3ccc(-c4ccccc4)cc3)c3ccc4c(c3)C3(c5ccccc5O4)C4CC5CC6CC3C64C5)cccc21. The molecule has 0 radical (unpaired) electrons. The van der Waals surface area contributed by atoms with E-state index < -0.39 is 0 Å². The Bertz CT molecular complexity index is 2560. The third-order valence-electron chi connectivity index (χ3n) is 16.2. The Kier molecular flexibility index (Phi) is 6.67. The minimum Gasteiger partial charge on any atom is -0.457 e. The van der Waals surface area contributed by atoms with Gasteiger partial charge in [-0.15, -0.1) is 0 Å². The number of hydrogen-bond acceptors (Lipinski definition) is 2. The van der Waals surface area contributed by atoms with Crippen LogP contribution < -0.4 is 9.64 Å². The van der Waals surface area contributed by atoms with Gasteiger partial charge in [-0.25, -0.2) is 0 Å². The number of hydrogen-bond donors (Lipinski definition) is 0. The summed E-state index contributed by atoms with van der Waals surface area (Å²) in [6, 6.07) is 52.6. The topological polar surface area (TPSA) is 12.5 Å². The van der Waals surface area contributed by atoms with Crippen molar-refractivity contribution in [2.75, 3.05) is 4.90 Å². The van der Waals surface area contributed by atoms with E-state index in [-0.39, 0.29) is 16.2 Å². The first-order chi connectivity index (χ1) is 27.2. The lowest BCUT2D eigenvalue weighted by molar-refractivity contribution is -0.235. The van der Waals surface area contributed by atoms with Crippen LogP contribution in [-0.2, 0) is 16.2 Å². The first kappa shape index (κ1) is 33.1. The van der Waals surface area contributed by atoms with Crippen molar-refractivity contribution in [3.63, 3.8) is 0 Å². The van der Waals surface area contributed by atoms with Crippen molar-refractivity contribution in [2.24, 2.45) is 29.1 Å². The molecule has 6 aliphatic rings. The molecule has 6 atom stereocenters. The Morgan fingerprint density at radius 3 is 2.04 bits per heavy atom. The van der Waals surface area contributed by atoms with Gasteiger partial charge in [-0.2, -0.15) is 0 Å². The van der Waals surface area contributed by atoms with Gasteiger partial charge in [0.15, 0.2) is 0 Å². The molecular formula is C54H51NO. The average molecular weight is 730 g/mol. The fraction of sp³-hybridized carbons (Fsp3) is 0.333. The van der Waals surface area contributed by atoms with Crippen molar-refractivity contribution in [1.82, 2.24) is 0 Å². The third-order valence-corrected chi connectivity index (χ3v) is 16.2. The summed E-state index contributed by atoms with van der Waals surface area (Å²) in [7, 11) is 0. The number of ether oxygens (including phenoxy) is 1. The molecule has 6 aromatic carbocycles. The maximum atomic E-state index is 6.89. The molecule has 6 unspecified atom stereocenters. The van der Waals surface area contributed by atoms with Crippen molar-refractivity contribution in [2.45, 2.75) is 82.5 Å². The van der Waals surface area contributed by atoms with Gasteiger partial charge in [0, 0.05) is 33.5 Å². The highest BCUT2D eigenvalue weighted by Crippen LogP contribution is 2.89. The molecular weight excluding hydrogens is 679 g/mol. The summed E-state index contributed by atoms with van der Waals surface area (Å²) in [6.07, 6.45) is 8.03. The molecule has 1 heterocycles. The second-order valence-corrected chi connectivity index (χ2v) is 19.6. The second-order valence-electron chi connectivity index (χ2n) is 19.6. The van der Waals surface area contributed by atoms with Crippen LogP contribution in [0.15, 0.2) is 140 Å². The standard InChI is InChI=1S/C54H51NO/c1-51(2)27-28-52(3,4)50-41(16-12-18-43(50)51)40-15-8-10-19-45(40)55(38-23-21-36(22-24-38)35-13-6-5-7-14-35)39-25-26-47-44(32-39)54(42-17-9-11-20-46(42)56-47)48-30-34-29-37-31-49(54)53(37,48)33-34/h5-26,32,34,37,48-49H,27-31,33H2,1-4H3. The quantitative estimate of drug-likeness (QED) is 0.175. The Morgan fingerprint density at radius 2 is 1.20 bits per heavy atom. The van der Waals surface area contributed by atoms with Crippen LogP contribution >= 0.6 is 0 Å². The summed E-state index contributed by atoms with van der Waals surface area (Å²) in [4.78, 5) is 2.55. The fourth-order valence-electron chi connectivity index (χ4n) is 13.9. The Labute approximate surface area is 332 Å². The highest BCUT2D eigenvalue weighted by Gasteiger charge is 2.84. The monoisotopic (exact) mass is 729 g/mol. The number of fused-ring (bicyclic) bond motifs is 8. The first-order valence-electron chi connectivity index (χ1n) is 21.3. The molecule has 5 aliphatic carbocycles. The van der Waals surface area contributed by atoms with Gasteiger partial charge in [-0.3, -0.25) is 0 Å². The molecule has 4 saturated carbocycles. The van der Waals surface area contributed by atoms with Gasteiger partial charge in [0.1, 0.15) is 11.5 Å². The average Bonchev–Trinajstić information content (AvgIpc) is 3.76. The Hall–Kier alpha value is -5.08. The van der Waals surface area contributed by atoms with Crippen molar-refractivity contribution in [3.05, 3.63) is 162 Å². The number of benzene rings is 6. The van der Waals surface area contributed by atoms with Crippen LogP contribution in [0.1, 0.15) is 88.5 Å². The summed E-state index contributed by atoms with van der Waals surface area (Å²) in [5.74, 6) is 5.36. The predicted molar refractivity (Wildman–Crippen MR) is 229 cm³/mol. The normalized spacial score (nSPS) is 28.9. The van der Waals surface area contributed by atoms with Crippen molar-refractivity contribution in [3.8, 4) is 33.8 Å². The fourth-order valence-corrected chi connectivity index (χ4v) is 13.9. The predicted octanol–water partition coefficient (Wildman–Crippen LogP) is 14.3. The molecule has 0 aromatic heterocycles. The van der Waals surface area contributed by atoms with E-state index in [0.717, 1.165) is 23.3 Å². The second kappa shape index (κ2) is 11.3. The lowest BCUT2D eigenvalue weighted by Gasteiger charge is -2.77. The van der Waals surface area contributed by atoms with Crippen LogP contribution in [0.4, 0.5) is 17.1 Å². The molecule has 1 aliphatic heterocycles. The highest BCUT2D eigenvalue weighted by atomic mass is 16.5. The molecule has 56 heavy (non-hydrogen) atoms. The van der Waals surface area contributed by atoms with E-state index in [2.05, 4.69) is 172 Å². The van der Waals surface area contributed by atoms with Crippen LogP contribution in [0, 0.1) is 29.1 Å². The van der Waals surface area contributed by atoms with E-state index in [1.807, 2.05) is 0 Å². The zero-order chi connectivity index (χ0) is 37.6. The lowest BCUT2D eigenvalue weighted by atomic mass is 9.26. The third kappa shape index (κ3) is 4.18. The Balaban J connectivity index is 1.07. The van der Waals surface area contributed by atoms with Crippen LogP contribution in [0.5, 0.6) is 11.5 Å². The van der Waals surface area contributed by atoms with Gasteiger partial charge in [0.2, 0.25) is 0 Å². The molecule has 2 nitrogen and oxygen atoms in total. The van der Waals surface area contributed by atoms with E-state index in [0.29, 0.717) is 17.3 Å². The molecule has 0 amide bonds. The first-order valence-corrected chi connectivity index (χ1v) is 21.3. The minimum absolute atomic E-state index is 0.0162. The van der Waals surface area contributed by atoms with Crippen LogP contribution in [0.2, 0.25) is 0 Å². The van der Waals surface area contributed by atoms with Gasteiger partial charge >= 0.3 is 0 Å². The maximum Gasteiger partial charge on any atom is 0.131 e. The summed E-state index contributed by atoms with van der Waals surface area (Å²) in [5.41, 5.74) is 15.3. The van der Waals surface area contributed by atoms with E-state index in [1.54, 1.807) is 0 Å². The van der Waals surface area contributed by atoms with E-state index in [9.17, 15) is 0 Å². The summed E-state index contributed by atoms with van der Waals surface area (Å²) in [5, 5.41) is 0. The zero-order valence-electron chi connectivity index (χ0n) is 33.2. The van der Waals surface area contributed by atoms with Gasteiger partial charge in [0.25, 0.3) is 0 Å². The Morgan fingerprint density at radius 1 is 0.536 bits per heavy atom. The van der Waals surface area contributed by atoms with E-state index in [1.165, 1.54) is 100 Å². The van der Waals surface area contributed by atoms with E-state index >= 15 is 0 Å². The lowest BCUT2D eigenvalue weighted by Crippen LogP contribution is -2.74. The zero-order valence-corrected chi connectivity index (χ0v) is 33.2. The minimum atomic E-state index is 0.0162. The number of anilines is 3. The maximum absolute atomic E-state index is 6.89. The van der Waals surface area contributed by atoms with Crippen molar-refractivity contribution in [1.29, 1.82) is 0 Å². The molecule has 0 N–H and O–H groups in total. The molecule has 278 valence electrons. The van der Waals surface area contributed by atoms with Gasteiger partial charge in [0.05, 0.1) is 5.69 Å². The van der Waals surface area contributed by atoms with E-state index in [4.69, 9.17) is 4.74 Å². The number of nitrogens with zero attached hydrogens (tertiary/aromatic N) is 1. The van der Waals surface area contributed by atoms with Crippen molar-refractivity contribution < 1.29 is 4.74 Å². The molecule has 6 aromatic rings. The molecule has 0 saturated heterocycles. The molecule has 12 rings (SSSR count). The largest absolute Gasteiger partial charge is 0.457 e. The summed E-state index contributed by atoms with van der Waals surface area (Å²) < 4.78 is 6.89. The van der Waals surface area contributed by atoms with Crippen LogP contribution in [0.25, 0.3) is 22.3 Å². The summed E-state index contributed by atoms with van der Waals surface area (Å²) >= 11 is 0. The number of para-hydroxylation sites is 2. The highest BCUT2D eigenvalue weighted by molar-refractivity contribution is 5.91.